The van der Waals surface area contributed by atoms with Crippen molar-refractivity contribution in [2.24, 2.45) is 0 Å². The van der Waals surface area contributed by atoms with E-state index in [2.05, 4.69) is 19.9 Å². The molecule has 152 valence electrons. The molecule has 0 radical (unpaired) electrons. The first-order valence-electron chi connectivity index (χ1n) is 8.72. The number of fused-ring (bicyclic) bond motifs is 1. The zero-order valence-electron chi connectivity index (χ0n) is 15.3. The van der Waals surface area contributed by atoms with Crippen LogP contribution in [-0.4, -0.2) is 33.5 Å². The molecule has 3 aromatic rings. The Hall–Kier alpha value is -2.32. The average Bonchev–Trinajstić information content (AvgIpc) is 3.05. The molecule has 0 spiro atoms. The molecule has 28 heavy (non-hydrogen) atoms. The third-order valence-corrected chi connectivity index (χ3v) is 4.75. The molecule has 0 atom stereocenters. The zero-order valence-corrected chi connectivity index (χ0v) is 16.1. The van der Waals surface area contributed by atoms with Gasteiger partial charge in [-0.25, -0.2) is 9.97 Å². The van der Waals surface area contributed by atoms with Gasteiger partial charge in [-0.1, -0.05) is 12.1 Å². The van der Waals surface area contributed by atoms with Crippen LogP contribution in [0.3, 0.4) is 0 Å². The molecule has 3 heterocycles. The molecule has 0 bridgehead atoms. The Labute approximate surface area is 166 Å². The van der Waals surface area contributed by atoms with Crippen molar-refractivity contribution >= 4 is 29.3 Å². The van der Waals surface area contributed by atoms with Crippen molar-refractivity contribution in [3.8, 4) is 11.3 Å². The number of anilines is 1. The van der Waals surface area contributed by atoms with Gasteiger partial charge in [-0.15, -0.1) is 12.4 Å². The number of nitrogens with one attached hydrogen (secondary N) is 1. The van der Waals surface area contributed by atoms with Crippen LogP contribution in [0.2, 0.25) is 0 Å². The Morgan fingerprint density at radius 2 is 1.64 bits per heavy atom. The lowest BCUT2D eigenvalue weighted by molar-refractivity contribution is -0.137. The van der Waals surface area contributed by atoms with Crippen LogP contribution in [0.4, 0.5) is 19.0 Å². The molecule has 1 fully saturated rings. The number of hydrogen-bond acceptors (Lipinski definition) is 3. The van der Waals surface area contributed by atoms with Gasteiger partial charge in [0.05, 0.1) is 11.1 Å². The molecule has 1 aromatic carbocycles. The van der Waals surface area contributed by atoms with E-state index in [1.165, 1.54) is 18.6 Å². The largest absolute Gasteiger partial charge is 0.416 e. The number of piperidine rings is 1. The number of aryl methyl sites for hydroxylation is 1. The maximum absolute atomic E-state index is 12.8. The Morgan fingerprint density at radius 1 is 1.00 bits per heavy atom. The summed E-state index contributed by atoms with van der Waals surface area (Å²) in [5.41, 5.74) is 2.41. The fourth-order valence-corrected chi connectivity index (χ4v) is 3.44. The van der Waals surface area contributed by atoms with E-state index in [-0.39, 0.29) is 17.9 Å². The summed E-state index contributed by atoms with van der Waals surface area (Å²) in [6.45, 7) is 3.78. The van der Waals surface area contributed by atoms with Crippen LogP contribution in [0, 0.1) is 6.92 Å². The number of halogens is 4. The third-order valence-electron chi connectivity index (χ3n) is 4.75. The topological polar surface area (TPSA) is 76.3 Å². The quantitative estimate of drug-likeness (QED) is 0.668. The van der Waals surface area contributed by atoms with Crippen molar-refractivity contribution in [3.05, 3.63) is 41.7 Å². The fourth-order valence-electron chi connectivity index (χ4n) is 3.44. The summed E-state index contributed by atoms with van der Waals surface area (Å²) in [5, 5.41) is 0. The highest BCUT2D eigenvalue weighted by atomic mass is 35.5. The summed E-state index contributed by atoms with van der Waals surface area (Å²) < 4.78 is 38.3. The highest BCUT2D eigenvalue weighted by Crippen LogP contribution is 2.33. The standard InChI is InChI=1S/C19H19F3N4.ClH.H2O/c1-12-23-16-11-15(13-5-7-14(8-6-13)19(20,21)22)25-17(16)18(24-12)26-9-3-2-4-10-26;;/h5-8,11,25H,2-4,9-10H2,1H3;1H;1H2. The molecular formula is C19H22ClF3N4O. The Morgan fingerprint density at radius 3 is 2.25 bits per heavy atom. The van der Waals surface area contributed by atoms with Gasteiger partial charge in [-0.05, 0) is 49.9 Å². The minimum absolute atomic E-state index is 0. The van der Waals surface area contributed by atoms with Gasteiger partial charge in [-0.2, -0.15) is 13.2 Å². The van der Waals surface area contributed by atoms with Gasteiger partial charge >= 0.3 is 6.18 Å². The minimum atomic E-state index is -4.33. The number of rotatable bonds is 2. The van der Waals surface area contributed by atoms with Gasteiger partial charge in [0.2, 0.25) is 0 Å². The van der Waals surface area contributed by atoms with Crippen molar-refractivity contribution in [2.75, 3.05) is 18.0 Å². The third kappa shape index (κ3) is 4.23. The highest BCUT2D eigenvalue weighted by molar-refractivity contribution is 5.91. The second kappa shape index (κ2) is 8.36. The van der Waals surface area contributed by atoms with E-state index >= 15 is 0 Å². The molecule has 1 aliphatic heterocycles. The van der Waals surface area contributed by atoms with E-state index < -0.39 is 11.7 Å². The summed E-state index contributed by atoms with van der Waals surface area (Å²) in [6, 6.07) is 7.04. The van der Waals surface area contributed by atoms with Crippen LogP contribution in [0.1, 0.15) is 30.7 Å². The van der Waals surface area contributed by atoms with Crippen LogP contribution >= 0.6 is 12.4 Å². The molecule has 4 rings (SSSR count). The smallest absolute Gasteiger partial charge is 0.412 e. The normalized spacial score (nSPS) is 14.5. The van der Waals surface area contributed by atoms with Gasteiger partial charge in [0.1, 0.15) is 11.3 Å². The second-order valence-electron chi connectivity index (χ2n) is 6.66. The molecule has 0 amide bonds. The van der Waals surface area contributed by atoms with E-state index in [1.807, 2.05) is 13.0 Å². The fraction of sp³-hybridized carbons (Fsp3) is 0.368. The summed E-state index contributed by atoms with van der Waals surface area (Å²) in [7, 11) is 0. The molecule has 5 nitrogen and oxygen atoms in total. The molecule has 1 aliphatic rings. The lowest BCUT2D eigenvalue weighted by Gasteiger charge is -2.28. The first-order valence-corrected chi connectivity index (χ1v) is 8.72. The molecular weight excluding hydrogens is 393 g/mol. The molecule has 9 heteroatoms. The van der Waals surface area contributed by atoms with Crippen molar-refractivity contribution < 1.29 is 18.6 Å². The SMILES string of the molecule is Cc1nc(N2CCCCC2)c2[nH]c(-c3ccc(C(F)(F)F)cc3)cc2n1.Cl.O. The summed E-state index contributed by atoms with van der Waals surface area (Å²) >= 11 is 0. The van der Waals surface area contributed by atoms with E-state index in [0.717, 1.165) is 60.6 Å². The molecule has 0 aliphatic carbocycles. The van der Waals surface area contributed by atoms with E-state index in [1.54, 1.807) is 0 Å². The first-order chi connectivity index (χ1) is 12.4. The zero-order chi connectivity index (χ0) is 18.3. The van der Waals surface area contributed by atoms with Gasteiger partial charge in [0.15, 0.2) is 5.82 Å². The maximum atomic E-state index is 12.8. The Balaban J connectivity index is 0.00000140. The lowest BCUT2D eigenvalue weighted by Crippen LogP contribution is -2.30. The first kappa shape index (κ1) is 22.0. The van der Waals surface area contributed by atoms with Crippen molar-refractivity contribution in [3.63, 3.8) is 0 Å². The molecule has 0 unspecified atom stereocenters. The van der Waals surface area contributed by atoms with Crippen LogP contribution in [0.25, 0.3) is 22.3 Å². The predicted molar refractivity (Wildman–Crippen MR) is 106 cm³/mol. The lowest BCUT2D eigenvalue weighted by atomic mass is 10.1. The van der Waals surface area contributed by atoms with Gasteiger partial charge in [0.25, 0.3) is 0 Å². The van der Waals surface area contributed by atoms with Crippen LogP contribution in [0.15, 0.2) is 30.3 Å². The van der Waals surface area contributed by atoms with Crippen LogP contribution in [-0.2, 0) is 6.18 Å². The summed E-state index contributed by atoms with van der Waals surface area (Å²) in [4.78, 5) is 14.7. The van der Waals surface area contributed by atoms with Crippen LogP contribution in [0.5, 0.6) is 0 Å². The predicted octanol–water partition coefficient (Wildman–Crippen LogP) is 4.54. The number of nitrogens with zero attached hydrogens (tertiary/aromatic N) is 3. The highest BCUT2D eigenvalue weighted by Gasteiger charge is 2.30. The van der Waals surface area contributed by atoms with E-state index in [0.29, 0.717) is 11.4 Å². The number of H-pyrrole nitrogens is 1. The molecule has 1 saturated heterocycles. The Kier molecular flexibility index (Phi) is 6.56. The number of benzene rings is 1. The second-order valence-corrected chi connectivity index (χ2v) is 6.66. The van der Waals surface area contributed by atoms with Crippen molar-refractivity contribution in [2.45, 2.75) is 32.4 Å². The summed E-state index contributed by atoms with van der Waals surface area (Å²) in [5.74, 6) is 1.57. The molecule has 2 aromatic heterocycles. The monoisotopic (exact) mass is 414 g/mol. The van der Waals surface area contributed by atoms with Crippen LogP contribution < -0.4 is 4.90 Å². The molecule has 0 saturated carbocycles. The number of alkyl halides is 3. The van der Waals surface area contributed by atoms with Gasteiger partial charge < -0.3 is 15.4 Å². The number of aromatic amines is 1. The van der Waals surface area contributed by atoms with Crippen molar-refractivity contribution in [1.29, 1.82) is 0 Å². The average molecular weight is 415 g/mol. The maximum Gasteiger partial charge on any atom is 0.416 e. The molecule has 3 N–H and O–H groups in total. The summed E-state index contributed by atoms with van der Waals surface area (Å²) in [6.07, 6.45) is -0.831. The van der Waals surface area contributed by atoms with E-state index in [4.69, 9.17) is 0 Å². The van der Waals surface area contributed by atoms with E-state index in [9.17, 15) is 13.2 Å². The number of hydrogen-bond donors (Lipinski definition) is 1. The Bertz CT molecular complexity index is 935. The van der Waals surface area contributed by atoms with Gasteiger partial charge in [0, 0.05) is 18.8 Å². The number of aromatic nitrogens is 3. The van der Waals surface area contributed by atoms with Crippen molar-refractivity contribution in [1.82, 2.24) is 15.0 Å². The minimum Gasteiger partial charge on any atom is -0.412 e. The van der Waals surface area contributed by atoms with Gasteiger partial charge in [-0.3, -0.25) is 0 Å².